The molecule has 1 spiro atoms. The standard InChI is InChI=1S/C23H18ClNO2/c24-18-8-6-15(7-9-18)14-25-21(26)20-19(16-4-2-1-3-5-16)17-10-12-23(20,13-11-17)22(25)27/h1-13,17,19-20H,14H2/t17?,19-,20-,23?/m1/s1. The molecule has 3 nitrogen and oxygen atoms in total. The van der Waals surface area contributed by atoms with Crippen molar-refractivity contribution in [1.29, 1.82) is 0 Å². The van der Waals surface area contributed by atoms with Crippen LogP contribution in [0.25, 0.3) is 0 Å². The van der Waals surface area contributed by atoms with E-state index < -0.39 is 5.41 Å². The minimum absolute atomic E-state index is 0.00660. The number of nitrogens with zero attached hydrogens (tertiary/aromatic N) is 1. The molecule has 4 aliphatic rings. The Morgan fingerprint density at radius 3 is 2.26 bits per heavy atom. The van der Waals surface area contributed by atoms with Crippen molar-refractivity contribution in [2.45, 2.75) is 12.5 Å². The van der Waals surface area contributed by atoms with Gasteiger partial charge in [0.2, 0.25) is 11.8 Å². The van der Waals surface area contributed by atoms with Gasteiger partial charge in [-0.25, -0.2) is 0 Å². The van der Waals surface area contributed by atoms with Crippen LogP contribution in [0, 0.1) is 17.3 Å². The van der Waals surface area contributed by atoms with Crippen LogP contribution in [0.3, 0.4) is 0 Å². The molecule has 1 saturated heterocycles. The zero-order valence-electron chi connectivity index (χ0n) is 14.6. The fourth-order valence-electron chi connectivity index (χ4n) is 4.77. The van der Waals surface area contributed by atoms with E-state index in [0.29, 0.717) is 5.02 Å². The molecule has 0 radical (unpaired) electrons. The van der Waals surface area contributed by atoms with E-state index in [1.54, 1.807) is 12.1 Å². The van der Waals surface area contributed by atoms with Gasteiger partial charge in [0, 0.05) is 16.9 Å². The van der Waals surface area contributed by atoms with Gasteiger partial charge in [-0.05, 0) is 23.3 Å². The summed E-state index contributed by atoms with van der Waals surface area (Å²) in [6.07, 6.45) is 8.07. The summed E-state index contributed by atoms with van der Waals surface area (Å²) in [5, 5.41) is 0.638. The Kier molecular flexibility index (Phi) is 3.63. The summed E-state index contributed by atoms with van der Waals surface area (Å²) >= 11 is 5.96. The maximum atomic E-state index is 13.4. The highest BCUT2D eigenvalue weighted by Crippen LogP contribution is 2.57. The van der Waals surface area contributed by atoms with Crippen LogP contribution in [0.15, 0.2) is 78.9 Å². The number of carbonyl (C=O) groups is 2. The minimum atomic E-state index is -0.848. The second-order valence-electron chi connectivity index (χ2n) is 7.50. The summed E-state index contributed by atoms with van der Waals surface area (Å²) in [6.45, 7) is 0.279. The number of hydrogen-bond acceptors (Lipinski definition) is 2. The van der Waals surface area contributed by atoms with Crippen LogP contribution >= 0.6 is 11.6 Å². The van der Waals surface area contributed by atoms with E-state index in [-0.39, 0.29) is 36.1 Å². The molecule has 0 aromatic heterocycles. The third-order valence-electron chi connectivity index (χ3n) is 6.06. The highest BCUT2D eigenvalue weighted by molar-refractivity contribution is 6.30. The third-order valence-corrected chi connectivity index (χ3v) is 6.31. The molecule has 2 amide bonds. The largest absolute Gasteiger partial charge is 0.277 e. The molecule has 0 N–H and O–H groups in total. The number of benzene rings is 2. The van der Waals surface area contributed by atoms with Gasteiger partial charge < -0.3 is 0 Å². The first-order valence-electron chi connectivity index (χ1n) is 9.14. The molecule has 0 unspecified atom stereocenters. The summed E-state index contributed by atoms with van der Waals surface area (Å²) in [5.41, 5.74) is 1.16. The maximum absolute atomic E-state index is 13.4. The first kappa shape index (κ1) is 16.5. The molecule has 4 heteroatoms. The van der Waals surface area contributed by atoms with Crippen molar-refractivity contribution in [1.82, 2.24) is 4.90 Å². The normalized spacial score (nSPS) is 30.9. The van der Waals surface area contributed by atoms with Crippen molar-refractivity contribution in [3.63, 3.8) is 0 Å². The van der Waals surface area contributed by atoms with E-state index >= 15 is 0 Å². The van der Waals surface area contributed by atoms with Crippen molar-refractivity contribution < 1.29 is 9.59 Å². The maximum Gasteiger partial charge on any atom is 0.244 e. The second-order valence-corrected chi connectivity index (χ2v) is 7.94. The molecule has 27 heavy (non-hydrogen) atoms. The summed E-state index contributed by atoms with van der Waals surface area (Å²) < 4.78 is 0. The van der Waals surface area contributed by atoms with Crippen LogP contribution in [-0.2, 0) is 16.1 Å². The molecule has 1 aliphatic heterocycles. The average Bonchev–Trinajstić information content (AvgIpc) is 2.92. The van der Waals surface area contributed by atoms with Gasteiger partial charge >= 0.3 is 0 Å². The van der Waals surface area contributed by atoms with Gasteiger partial charge in [-0.1, -0.05) is 78.4 Å². The van der Waals surface area contributed by atoms with Gasteiger partial charge in [0.1, 0.15) is 0 Å². The first-order valence-corrected chi connectivity index (χ1v) is 9.52. The van der Waals surface area contributed by atoms with Crippen molar-refractivity contribution in [3.05, 3.63) is 95.1 Å². The lowest BCUT2D eigenvalue weighted by Gasteiger charge is -2.42. The molecule has 2 atom stereocenters. The molecule has 2 aromatic carbocycles. The monoisotopic (exact) mass is 375 g/mol. The second kappa shape index (κ2) is 5.93. The number of likely N-dealkylation sites (tertiary alicyclic amines) is 1. The summed E-state index contributed by atoms with van der Waals surface area (Å²) in [6, 6.07) is 17.4. The zero-order chi connectivity index (χ0) is 18.6. The highest BCUT2D eigenvalue weighted by atomic mass is 35.5. The number of halogens is 1. The number of rotatable bonds is 3. The number of allylic oxidation sites excluding steroid dienone is 2. The van der Waals surface area contributed by atoms with E-state index in [1.807, 2.05) is 42.5 Å². The summed E-state index contributed by atoms with van der Waals surface area (Å²) in [4.78, 5) is 28.2. The van der Waals surface area contributed by atoms with Gasteiger partial charge in [-0.3, -0.25) is 14.5 Å². The topological polar surface area (TPSA) is 37.4 Å². The molecule has 2 aromatic rings. The molecule has 1 fully saturated rings. The molecule has 6 rings (SSSR count). The lowest BCUT2D eigenvalue weighted by molar-refractivity contribution is -0.141. The number of imide groups is 1. The lowest BCUT2D eigenvalue weighted by atomic mass is 9.57. The van der Waals surface area contributed by atoms with Gasteiger partial charge in [-0.15, -0.1) is 0 Å². The molecule has 0 saturated carbocycles. The molecule has 2 bridgehead atoms. The van der Waals surface area contributed by atoms with Crippen molar-refractivity contribution >= 4 is 23.4 Å². The smallest absolute Gasteiger partial charge is 0.244 e. The predicted octanol–water partition coefficient (Wildman–Crippen LogP) is 4.35. The van der Waals surface area contributed by atoms with E-state index in [2.05, 4.69) is 24.3 Å². The van der Waals surface area contributed by atoms with Gasteiger partial charge in [-0.2, -0.15) is 0 Å². The van der Waals surface area contributed by atoms with Crippen LogP contribution in [0.4, 0.5) is 0 Å². The van der Waals surface area contributed by atoms with Gasteiger partial charge in [0.15, 0.2) is 0 Å². The third kappa shape index (κ3) is 2.35. The number of hydrogen-bond donors (Lipinski definition) is 0. The van der Waals surface area contributed by atoms with Crippen LogP contribution in [0.1, 0.15) is 17.0 Å². The Labute approximate surface area is 162 Å². The Hall–Kier alpha value is -2.65. The van der Waals surface area contributed by atoms with Crippen LogP contribution in [-0.4, -0.2) is 16.7 Å². The first-order chi connectivity index (χ1) is 13.1. The Balaban J connectivity index is 1.55. The Morgan fingerprint density at radius 1 is 0.926 bits per heavy atom. The zero-order valence-corrected chi connectivity index (χ0v) is 15.3. The van der Waals surface area contributed by atoms with Crippen LogP contribution in [0.2, 0.25) is 5.02 Å². The van der Waals surface area contributed by atoms with Crippen molar-refractivity contribution in [3.8, 4) is 0 Å². The minimum Gasteiger partial charge on any atom is -0.277 e. The fraction of sp³-hybridized carbons (Fsp3) is 0.217. The van der Waals surface area contributed by atoms with Crippen molar-refractivity contribution in [2.75, 3.05) is 0 Å². The fourth-order valence-corrected chi connectivity index (χ4v) is 4.90. The molecule has 134 valence electrons. The molecule has 3 aliphatic carbocycles. The van der Waals surface area contributed by atoms with E-state index in [0.717, 1.165) is 11.1 Å². The molecule has 1 heterocycles. The van der Waals surface area contributed by atoms with Crippen LogP contribution in [0.5, 0.6) is 0 Å². The lowest BCUT2D eigenvalue weighted by Crippen LogP contribution is -2.42. The SMILES string of the molecule is O=C1[C@H]2[C@H](c3ccccc3)C3C=CC2(C=C3)C(=O)N1Cc1ccc(Cl)cc1. The van der Waals surface area contributed by atoms with Crippen molar-refractivity contribution in [2.24, 2.45) is 17.3 Å². The summed E-state index contributed by atoms with van der Waals surface area (Å²) in [5.74, 6) is -0.444. The Bertz CT molecular complexity index is 963. The average molecular weight is 376 g/mol. The van der Waals surface area contributed by atoms with Gasteiger partial charge in [0.05, 0.1) is 17.9 Å². The van der Waals surface area contributed by atoms with E-state index in [4.69, 9.17) is 11.6 Å². The Morgan fingerprint density at radius 2 is 1.59 bits per heavy atom. The van der Waals surface area contributed by atoms with E-state index in [9.17, 15) is 9.59 Å². The predicted molar refractivity (Wildman–Crippen MR) is 104 cm³/mol. The van der Waals surface area contributed by atoms with Gasteiger partial charge in [0.25, 0.3) is 0 Å². The number of carbonyl (C=O) groups excluding carboxylic acids is 2. The quantitative estimate of drug-likeness (QED) is 0.590. The summed E-state index contributed by atoms with van der Waals surface area (Å²) in [7, 11) is 0. The molecular weight excluding hydrogens is 358 g/mol. The van der Waals surface area contributed by atoms with Crippen LogP contribution < -0.4 is 0 Å². The molecular formula is C23H18ClNO2. The highest BCUT2D eigenvalue weighted by Gasteiger charge is 2.63. The number of amides is 2. The van der Waals surface area contributed by atoms with E-state index in [1.165, 1.54) is 4.90 Å².